The highest BCUT2D eigenvalue weighted by molar-refractivity contribution is 5.91. The predicted molar refractivity (Wildman–Crippen MR) is 104 cm³/mol. The van der Waals surface area contributed by atoms with E-state index in [-0.39, 0.29) is 5.91 Å². The standard InChI is InChI=1S/C20H24N6O/c1-2-24(17-8-9-17)15-20(27)23-19-10-11-21-26(19)14-16-12-22-25(13-16)18-6-4-3-5-7-18/h3-7,10-13,17H,2,8-9,14-15H2,1H3,(H,23,27). The summed E-state index contributed by atoms with van der Waals surface area (Å²) in [4.78, 5) is 14.6. The van der Waals surface area contributed by atoms with E-state index in [1.807, 2.05) is 53.5 Å². The van der Waals surface area contributed by atoms with Crippen molar-refractivity contribution in [2.24, 2.45) is 0 Å². The number of rotatable bonds is 8. The Hall–Kier alpha value is -2.93. The van der Waals surface area contributed by atoms with Crippen molar-refractivity contribution >= 4 is 11.7 Å². The molecule has 0 aliphatic heterocycles. The zero-order chi connectivity index (χ0) is 18.6. The van der Waals surface area contributed by atoms with E-state index in [0.29, 0.717) is 24.9 Å². The molecule has 0 saturated heterocycles. The molecule has 0 unspecified atom stereocenters. The van der Waals surface area contributed by atoms with Gasteiger partial charge in [0, 0.05) is 23.9 Å². The Kier molecular flexibility index (Phi) is 5.02. The van der Waals surface area contributed by atoms with Crippen LogP contribution in [-0.2, 0) is 11.3 Å². The summed E-state index contributed by atoms with van der Waals surface area (Å²) in [6.45, 7) is 3.98. The zero-order valence-corrected chi connectivity index (χ0v) is 15.5. The van der Waals surface area contributed by atoms with E-state index < -0.39 is 0 Å². The molecule has 1 aliphatic rings. The van der Waals surface area contributed by atoms with Gasteiger partial charge in [-0.05, 0) is 31.5 Å². The molecule has 27 heavy (non-hydrogen) atoms. The topological polar surface area (TPSA) is 68.0 Å². The lowest BCUT2D eigenvalue weighted by molar-refractivity contribution is -0.117. The Morgan fingerprint density at radius 1 is 1.22 bits per heavy atom. The summed E-state index contributed by atoms with van der Waals surface area (Å²) >= 11 is 0. The van der Waals surface area contributed by atoms with Crippen molar-refractivity contribution in [3.8, 4) is 5.69 Å². The van der Waals surface area contributed by atoms with Crippen LogP contribution in [0.3, 0.4) is 0 Å². The molecule has 0 atom stereocenters. The molecule has 1 aromatic carbocycles. The minimum absolute atomic E-state index is 0.00507. The van der Waals surface area contributed by atoms with Crippen LogP contribution in [0.5, 0.6) is 0 Å². The van der Waals surface area contributed by atoms with Crippen molar-refractivity contribution in [2.75, 3.05) is 18.4 Å². The van der Waals surface area contributed by atoms with Crippen molar-refractivity contribution in [1.82, 2.24) is 24.5 Å². The van der Waals surface area contributed by atoms with Gasteiger partial charge in [0.15, 0.2) is 0 Å². The lowest BCUT2D eigenvalue weighted by Crippen LogP contribution is -2.35. The Morgan fingerprint density at radius 2 is 2.04 bits per heavy atom. The molecule has 140 valence electrons. The SMILES string of the molecule is CCN(CC(=O)Nc1ccnn1Cc1cnn(-c2ccccc2)c1)C1CC1. The molecule has 2 aromatic heterocycles. The first-order valence-electron chi connectivity index (χ1n) is 9.37. The van der Waals surface area contributed by atoms with Crippen molar-refractivity contribution in [2.45, 2.75) is 32.4 Å². The fraction of sp³-hybridized carbons (Fsp3) is 0.350. The third-order valence-electron chi connectivity index (χ3n) is 4.79. The maximum Gasteiger partial charge on any atom is 0.239 e. The first-order valence-corrected chi connectivity index (χ1v) is 9.37. The molecule has 3 aromatic rings. The van der Waals surface area contributed by atoms with E-state index in [1.165, 1.54) is 12.8 Å². The van der Waals surface area contributed by atoms with Crippen LogP contribution in [0.25, 0.3) is 5.69 Å². The number of nitrogens with zero attached hydrogens (tertiary/aromatic N) is 5. The van der Waals surface area contributed by atoms with E-state index in [0.717, 1.165) is 17.8 Å². The highest BCUT2D eigenvalue weighted by Crippen LogP contribution is 2.26. The number of amides is 1. The molecule has 0 radical (unpaired) electrons. The van der Waals surface area contributed by atoms with Gasteiger partial charge in [0.25, 0.3) is 0 Å². The van der Waals surface area contributed by atoms with Crippen LogP contribution in [0.2, 0.25) is 0 Å². The summed E-state index contributed by atoms with van der Waals surface area (Å²) in [5.41, 5.74) is 2.03. The molecule has 7 nitrogen and oxygen atoms in total. The van der Waals surface area contributed by atoms with Gasteiger partial charge in [0.2, 0.25) is 5.91 Å². The molecule has 0 bridgehead atoms. The lowest BCUT2D eigenvalue weighted by atomic mass is 10.3. The molecule has 1 amide bonds. The predicted octanol–water partition coefficient (Wildman–Crippen LogP) is 2.54. The number of aromatic nitrogens is 4. The van der Waals surface area contributed by atoms with Crippen molar-refractivity contribution < 1.29 is 4.79 Å². The van der Waals surface area contributed by atoms with Gasteiger partial charge in [0.1, 0.15) is 5.82 Å². The van der Waals surface area contributed by atoms with Crippen molar-refractivity contribution in [3.05, 3.63) is 60.6 Å². The Balaban J connectivity index is 1.40. The Bertz CT molecular complexity index is 896. The molecular weight excluding hydrogens is 340 g/mol. The fourth-order valence-corrected chi connectivity index (χ4v) is 3.21. The van der Waals surface area contributed by atoms with Gasteiger partial charge in [0.05, 0.1) is 31.2 Å². The smallest absolute Gasteiger partial charge is 0.239 e. The average molecular weight is 364 g/mol. The monoisotopic (exact) mass is 364 g/mol. The second kappa shape index (κ2) is 7.75. The van der Waals surface area contributed by atoms with Crippen LogP contribution in [0.4, 0.5) is 5.82 Å². The first-order chi connectivity index (χ1) is 13.2. The molecule has 4 rings (SSSR count). The molecule has 1 fully saturated rings. The third-order valence-corrected chi connectivity index (χ3v) is 4.79. The van der Waals surface area contributed by atoms with Gasteiger partial charge in [-0.3, -0.25) is 9.69 Å². The van der Waals surface area contributed by atoms with Gasteiger partial charge in [-0.25, -0.2) is 9.36 Å². The number of hydrogen-bond acceptors (Lipinski definition) is 4. The van der Waals surface area contributed by atoms with Crippen LogP contribution >= 0.6 is 0 Å². The Labute approximate surface area is 158 Å². The summed E-state index contributed by atoms with van der Waals surface area (Å²) < 4.78 is 3.63. The number of hydrogen-bond donors (Lipinski definition) is 1. The second-order valence-corrected chi connectivity index (χ2v) is 6.85. The minimum atomic E-state index is 0.00507. The van der Waals surface area contributed by atoms with Crippen LogP contribution < -0.4 is 5.32 Å². The second-order valence-electron chi connectivity index (χ2n) is 6.85. The quantitative estimate of drug-likeness (QED) is 0.667. The number of carbonyl (C=O) groups is 1. The molecular formula is C20H24N6O. The van der Waals surface area contributed by atoms with E-state index in [9.17, 15) is 4.79 Å². The number of para-hydroxylation sites is 1. The van der Waals surface area contributed by atoms with E-state index in [4.69, 9.17) is 0 Å². The van der Waals surface area contributed by atoms with Gasteiger partial charge in [-0.15, -0.1) is 0 Å². The normalized spacial score (nSPS) is 13.9. The van der Waals surface area contributed by atoms with Gasteiger partial charge >= 0.3 is 0 Å². The van der Waals surface area contributed by atoms with Gasteiger partial charge in [-0.1, -0.05) is 25.1 Å². The number of likely N-dealkylation sites (N-methyl/N-ethyl adjacent to an activating group) is 1. The summed E-state index contributed by atoms with van der Waals surface area (Å²) in [7, 11) is 0. The highest BCUT2D eigenvalue weighted by atomic mass is 16.2. The van der Waals surface area contributed by atoms with Crippen molar-refractivity contribution in [3.63, 3.8) is 0 Å². The third kappa shape index (κ3) is 4.25. The lowest BCUT2D eigenvalue weighted by Gasteiger charge is -2.19. The fourth-order valence-electron chi connectivity index (χ4n) is 3.21. The molecule has 7 heteroatoms. The Morgan fingerprint density at radius 3 is 2.78 bits per heavy atom. The average Bonchev–Trinajstić information content (AvgIpc) is 3.28. The summed E-state index contributed by atoms with van der Waals surface area (Å²) in [6, 6.07) is 12.4. The number of nitrogens with one attached hydrogen (secondary N) is 1. The van der Waals surface area contributed by atoms with Gasteiger partial charge in [-0.2, -0.15) is 10.2 Å². The van der Waals surface area contributed by atoms with Gasteiger partial charge < -0.3 is 5.32 Å². The summed E-state index contributed by atoms with van der Waals surface area (Å²) in [6.07, 6.45) is 7.91. The number of anilines is 1. The molecule has 1 aliphatic carbocycles. The van der Waals surface area contributed by atoms with Crippen molar-refractivity contribution in [1.29, 1.82) is 0 Å². The first kappa shape index (κ1) is 17.5. The molecule has 1 N–H and O–H groups in total. The number of carbonyl (C=O) groups excluding carboxylic acids is 1. The number of benzene rings is 1. The highest BCUT2D eigenvalue weighted by Gasteiger charge is 2.29. The maximum atomic E-state index is 12.4. The maximum absolute atomic E-state index is 12.4. The molecule has 1 saturated carbocycles. The summed E-state index contributed by atoms with van der Waals surface area (Å²) in [5, 5.41) is 11.7. The van der Waals surface area contributed by atoms with E-state index in [2.05, 4.69) is 27.3 Å². The van der Waals surface area contributed by atoms with Crippen LogP contribution in [0.15, 0.2) is 55.0 Å². The van der Waals surface area contributed by atoms with Crippen LogP contribution in [-0.4, -0.2) is 49.5 Å². The van der Waals surface area contributed by atoms with Crippen LogP contribution in [0.1, 0.15) is 25.3 Å². The van der Waals surface area contributed by atoms with E-state index >= 15 is 0 Å². The van der Waals surface area contributed by atoms with Crippen LogP contribution in [0, 0.1) is 0 Å². The molecule has 0 spiro atoms. The largest absolute Gasteiger partial charge is 0.310 e. The molecule has 2 heterocycles. The van der Waals surface area contributed by atoms with E-state index in [1.54, 1.807) is 10.9 Å². The minimum Gasteiger partial charge on any atom is -0.310 e. The summed E-state index contributed by atoms with van der Waals surface area (Å²) in [5.74, 6) is 0.713. The zero-order valence-electron chi connectivity index (χ0n) is 15.5.